The number of thiazole rings is 1. The second-order valence-corrected chi connectivity index (χ2v) is 3.14. The number of aromatic nitrogens is 1. The first kappa shape index (κ1) is 10.9. The van der Waals surface area contributed by atoms with E-state index in [4.69, 9.17) is 16.1 Å². The zero-order chi connectivity index (χ0) is 11.3. The van der Waals surface area contributed by atoms with Gasteiger partial charge in [-0.15, -0.1) is 11.3 Å². The maximum atomic E-state index is 10.7. The fraction of sp³-hybridized carbons (Fsp3) is 0.143. The third-order valence-corrected chi connectivity index (χ3v) is 1.93. The number of nitrogens with zero attached hydrogens (tertiary/aromatic N) is 3. The van der Waals surface area contributed by atoms with Gasteiger partial charge in [-0.05, 0) is 0 Å². The first-order valence-electron chi connectivity index (χ1n) is 3.66. The number of hydrogen-bond acceptors (Lipinski definition) is 7. The van der Waals surface area contributed by atoms with Crippen LogP contribution in [0.1, 0.15) is 5.69 Å². The quantitative estimate of drug-likeness (QED) is 0.425. The summed E-state index contributed by atoms with van der Waals surface area (Å²) in [6, 6.07) is 1.65. The molecule has 0 fully saturated rings. The summed E-state index contributed by atoms with van der Waals surface area (Å²) in [5.41, 5.74) is 5.07. The Hall–Kier alpha value is -2.14. The van der Waals surface area contributed by atoms with Crippen molar-refractivity contribution in [2.24, 2.45) is 5.16 Å². The Balaban J connectivity index is 2.89. The highest BCUT2D eigenvalue weighted by molar-refractivity contribution is 7.13. The molecule has 0 aliphatic rings. The number of carbonyl (C=O) groups is 1. The number of hydrogen-bond donors (Lipinski definition) is 2. The molecular formula is C7H6N4O3S. The maximum Gasteiger partial charge on any atom is 0.360 e. The highest BCUT2D eigenvalue weighted by Gasteiger charge is 2.16. The highest BCUT2D eigenvalue weighted by atomic mass is 32.1. The van der Waals surface area contributed by atoms with Crippen LogP contribution in [0.5, 0.6) is 0 Å². The summed E-state index contributed by atoms with van der Waals surface area (Å²) in [5.74, 6) is -1.29. The van der Waals surface area contributed by atoms with Gasteiger partial charge in [0.05, 0.1) is 0 Å². The molecule has 8 heteroatoms. The first-order chi connectivity index (χ1) is 7.15. The summed E-state index contributed by atoms with van der Waals surface area (Å²) >= 11 is 1.09. The zero-order valence-electron chi connectivity index (χ0n) is 7.38. The number of anilines is 1. The molecule has 1 aromatic rings. The molecule has 0 atom stereocenters. The van der Waals surface area contributed by atoms with Gasteiger partial charge in [0.1, 0.15) is 11.8 Å². The van der Waals surface area contributed by atoms with Crippen molar-refractivity contribution in [3.63, 3.8) is 0 Å². The number of carboxylic acid groups (broad SMARTS) is 1. The van der Waals surface area contributed by atoms with Crippen LogP contribution in [0, 0.1) is 11.3 Å². The van der Waals surface area contributed by atoms with Gasteiger partial charge < -0.3 is 15.7 Å². The Morgan fingerprint density at radius 1 is 1.87 bits per heavy atom. The summed E-state index contributed by atoms with van der Waals surface area (Å²) in [6.07, 6.45) is 0. The number of aliphatic carboxylic acids is 1. The van der Waals surface area contributed by atoms with E-state index < -0.39 is 5.97 Å². The lowest BCUT2D eigenvalue weighted by Gasteiger charge is -1.95. The van der Waals surface area contributed by atoms with Gasteiger partial charge in [-0.3, -0.25) is 0 Å². The Morgan fingerprint density at radius 2 is 2.60 bits per heavy atom. The average Bonchev–Trinajstić information content (AvgIpc) is 2.59. The lowest BCUT2D eigenvalue weighted by molar-refractivity contribution is -0.129. The van der Waals surface area contributed by atoms with Crippen LogP contribution in [-0.2, 0) is 9.63 Å². The summed E-state index contributed by atoms with van der Waals surface area (Å²) in [4.78, 5) is 18.9. The van der Waals surface area contributed by atoms with Gasteiger partial charge in [-0.25, -0.2) is 9.78 Å². The van der Waals surface area contributed by atoms with Crippen LogP contribution in [-0.4, -0.2) is 28.4 Å². The normalized spacial score (nSPS) is 10.7. The lowest BCUT2D eigenvalue weighted by atomic mass is 10.3. The maximum absolute atomic E-state index is 10.7. The van der Waals surface area contributed by atoms with Crippen molar-refractivity contribution in [1.29, 1.82) is 5.26 Å². The minimum absolute atomic E-state index is 0.114. The van der Waals surface area contributed by atoms with Crippen LogP contribution in [0.3, 0.4) is 0 Å². The van der Waals surface area contributed by atoms with Crippen molar-refractivity contribution in [3.8, 4) is 6.07 Å². The predicted molar refractivity (Wildman–Crippen MR) is 52.3 cm³/mol. The number of oxime groups is 1. The number of nitrogen functional groups attached to an aromatic ring is 1. The second kappa shape index (κ2) is 4.92. The van der Waals surface area contributed by atoms with Crippen LogP contribution < -0.4 is 5.73 Å². The Morgan fingerprint density at radius 3 is 3.07 bits per heavy atom. The molecule has 0 aliphatic carbocycles. The first-order valence-corrected chi connectivity index (χ1v) is 4.54. The molecule has 0 aliphatic heterocycles. The van der Waals surface area contributed by atoms with Crippen molar-refractivity contribution in [3.05, 3.63) is 11.1 Å². The van der Waals surface area contributed by atoms with Gasteiger partial charge >= 0.3 is 5.97 Å². The van der Waals surface area contributed by atoms with Crippen LogP contribution in [0.4, 0.5) is 5.13 Å². The van der Waals surface area contributed by atoms with Gasteiger partial charge in [0, 0.05) is 5.38 Å². The molecule has 3 N–H and O–H groups in total. The molecule has 0 bridgehead atoms. The van der Waals surface area contributed by atoms with Crippen molar-refractivity contribution in [1.82, 2.24) is 4.98 Å². The molecule has 0 amide bonds. The van der Waals surface area contributed by atoms with E-state index in [2.05, 4.69) is 15.0 Å². The number of carboxylic acids is 1. The molecule has 78 valence electrons. The fourth-order valence-corrected chi connectivity index (χ4v) is 1.27. The van der Waals surface area contributed by atoms with Crippen LogP contribution in [0.15, 0.2) is 10.5 Å². The topological polar surface area (TPSA) is 122 Å². The second-order valence-electron chi connectivity index (χ2n) is 2.25. The molecule has 0 spiro atoms. The Kier molecular flexibility index (Phi) is 3.59. The Bertz CT molecular complexity index is 434. The number of nitrogens with two attached hydrogens (primary N) is 1. The van der Waals surface area contributed by atoms with Crippen LogP contribution >= 0.6 is 11.3 Å². The van der Waals surface area contributed by atoms with Crippen molar-refractivity contribution >= 4 is 28.1 Å². The molecular weight excluding hydrogens is 220 g/mol. The molecule has 0 unspecified atom stereocenters. The SMILES string of the molecule is N#CCO/N=C(/C(=O)O)c1csc(N)n1. The number of nitriles is 1. The molecule has 7 nitrogen and oxygen atoms in total. The minimum atomic E-state index is -1.29. The number of rotatable bonds is 4. The van der Waals surface area contributed by atoms with Crippen molar-refractivity contribution in [2.45, 2.75) is 0 Å². The van der Waals surface area contributed by atoms with Gasteiger partial charge in [0.15, 0.2) is 5.13 Å². The molecule has 0 radical (unpaired) electrons. The largest absolute Gasteiger partial charge is 0.476 e. The van der Waals surface area contributed by atoms with E-state index in [1.54, 1.807) is 6.07 Å². The average molecular weight is 226 g/mol. The van der Waals surface area contributed by atoms with E-state index in [1.807, 2.05) is 0 Å². The summed E-state index contributed by atoms with van der Waals surface area (Å²) in [7, 11) is 0. The summed E-state index contributed by atoms with van der Waals surface area (Å²) in [5, 5.41) is 21.9. The van der Waals surface area contributed by atoms with E-state index in [-0.39, 0.29) is 23.1 Å². The third kappa shape index (κ3) is 2.92. The molecule has 1 aromatic heterocycles. The standard InChI is InChI=1S/C7H6N4O3S/c8-1-2-14-11-5(6(12)13)4-3-15-7(9)10-4/h3H,2H2,(H2,9,10)(H,12,13)/b11-5+. The van der Waals surface area contributed by atoms with Gasteiger partial charge in [-0.2, -0.15) is 5.26 Å². The van der Waals surface area contributed by atoms with Gasteiger partial charge in [0.2, 0.25) is 12.3 Å². The zero-order valence-corrected chi connectivity index (χ0v) is 8.19. The van der Waals surface area contributed by atoms with E-state index in [0.29, 0.717) is 0 Å². The van der Waals surface area contributed by atoms with Crippen LogP contribution in [0.25, 0.3) is 0 Å². The predicted octanol–water partition coefficient (Wildman–Crippen LogP) is 0.0542. The molecule has 0 aromatic carbocycles. The molecule has 1 rings (SSSR count). The minimum Gasteiger partial charge on any atom is -0.476 e. The molecule has 0 saturated heterocycles. The molecule has 15 heavy (non-hydrogen) atoms. The van der Waals surface area contributed by atoms with E-state index >= 15 is 0 Å². The monoisotopic (exact) mass is 226 g/mol. The summed E-state index contributed by atoms with van der Waals surface area (Å²) < 4.78 is 0. The fourth-order valence-electron chi connectivity index (χ4n) is 0.717. The Labute approximate surface area is 88.4 Å². The van der Waals surface area contributed by atoms with Gasteiger partial charge in [0.25, 0.3) is 0 Å². The summed E-state index contributed by atoms with van der Waals surface area (Å²) in [6.45, 7) is -0.323. The van der Waals surface area contributed by atoms with E-state index in [0.717, 1.165) is 11.3 Å². The molecule has 0 saturated carbocycles. The highest BCUT2D eigenvalue weighted by Crippen LogP contribution is 2.12. The van der Waals surface area contributed by atoms with Crippen LogP contribution in [0.2, 0.25) is 0 Å². The van der Waals surface area contributed by atoms with E-state index in [9.17, 15) is 4.79 Å². The molecule has 1 heterocycles. The smallest absolute Gasteiger partial charge is 0.360 e. The van der Waals surface area contributed by atoms with E-state index in [1.165, 1.54) is 5.38 Å². The van der Waals surface area contributed by atoms with Crippen molar-refractivity contribution < 1.29 is 14.7 Å². The lowest BCUT2D eigenvalue weighted by Crippen LogP contribution is -2.15. The van der Waals surface area contributed by atoms with Crippen molar-refractivity contribution in [2.75, 3.05) is 12.3 Å². The third-order valence-electron chi connectivity index (χ3n) is 1.25. The van der Waals surface area contributed by atoms with Gasteiger partial charge in [-0.1, -0.05) is 5.16 Å².